The Hall–Kier alpha value is -1.35. The summed E-state index contributed by atoms with van der Waals surface area (Å²) in [5, 5.41) is 2.96. The Balaban J connectivity index is 1.74. The van der Waals surface area contributed by atoms with E-state index < -0.39 is 0 Å². The zero-order chi connectivity index (χ0) is 11.0. The van der Waals surface area contributed by atoms with Crippen molar-refractivity contribution < 1.29 is 4.79 Å². The molecule has 3 heteroatoms. The van der Waals surface area contributed by atoms with Crippen molar-refractivity contribution in [2.45, 2.75) is 19.0 Å². The van der Waals surface area contributed by atoms with Crippen LogP contribution in [0.15, 0.2) is 30.3 Å². The van der Waals surface area contributed by atoms with Gasteiger partial charge in [0.1, 0.15) is 0 Å². The van der Waals surface area contributed by atoms with Crippen molar-refractivity contribution in [3.63, 3.8) is 0 Å². The van der Waals surface area contributed by atoms with Crippen LogP contribution in [0.1, 0.15) is 12.0 Å². The fourth-order valence-electron chi connectivity index (χ4n) is 2.85. The molecule has 0 bridgehead atoms. The molecule has 0 saturated carbocycles. The number of amides is 1. The topological polar surface area (TPSA) is 32.3 Å². The number of carbonyl (C=O) groups excluding carboxylic acids is 1. The molecule has 3 nitrogen and oxygen atoms in total. The minimum Gasteiger partial charge on any atom is -0.354 e. The number of nitrogens with one attached hydrogen (secondary N) is 1. The number of benzene rings is 1. The molecule has 1 N–H and O–H groups in total. The van der Waals surface area contributed by atoms with Crippen LogP contribution in [-0.2, 0) is 11.3 Å². The van der Waals surface area contributed by atoms with Gasteiger partial charge in [0.25, 0.3) is 0 Å². The van der Waals surface area contributed by atoms with Crippen LogP contribution in [0.3, 0.4) is 0 Å². The minimum atomic E-state index is 0.125. The van der Waals surface area contributed by atoms with Crippen molar-refractivity contribution in [1.82, 2.24) is 10.2 Å². The van der Waals surface area contributed by atoms with E-state index in [1.165, 1.54) is 5.56 Å². The van der Waals surface area contributed by atoms with Gasteiger partial charge in [0.05, 0.1) is 6.04 Å². The summed E-state index contributed by atoms with van der Waals surface area (Å²) in [6.07, 6.45) is 1.15. The first-order valence-corrected chi connectivity index (χ1v) is 5.90. The van der Waals surface area contributed by atoms with Crippen molar-refractivity contribution in [3.05, 3.63) is 35.9 Å². The van der Waals surface area contributed by atoms with E-state index in [1.807, 2.05) is 6.07 Å². The zero-order valence-corrected chi connectivity index (χ0v) is 9.23. The highest BCUT2D eigenvalue weighted by Crippen LogP contribution is 2.29. The monoisotopic (exact) mass is 216 g/mol. The minimum absolute atomic E-state index is 0.125. The number of fused-ring (bicyclic) bond motifs is 1. The average Bonchev–Trinajstić information content (AvgIpc) is 2.86. The first-order valence-electron chi connectivity index (χ1n) is 5.90. The number of likely N-dealkylation sites (tertiary alicyclic amines) is 1. The lowest BCUT2D eigenvalue weighted by molar-refractivity contribution is -0.123. The summed E-state index contributed by atoms with van der Waals surface area (Å²) < 4.78 is 0. The molecule has 1 amide bonds. The normalized spacial score (nSPS) is 29.1. The van der Waals surface area contributed by atoms with Crippen LogP contribution >= 0.6 is 0 Å². The second-order valence-electron chi connectivity index (χ2n) is 4.69. The van der Waals surface area contributed by atoms with Gasteiger partial charge in [-0.2, -0.15) is 0 Å². The lowest BCUT2D eigenvalue weighted by Gasteiger charge is -2.21. The summed E-state index contributed by atoms with van der Waals surface area (Å²) in [5.41, 5.74) is 1.29. The van der Waals surface area contributed by atoms with E-state index in [4.69, 9.17) is 0 Å². The lowest BCUT2D eigenvalue weighted by atomic mass is 10.0. The number of carbonyl (C=O) groups is 1. The second-order valence-corrected chi connectivity index (χ2v) is 4.69. The molecule has 1 aromatic carbocycles. The third-order valence-electron chi connectivity index (χ3n) is 3.66. The van der Waals surface area contributed by atoms with Crippen LogP contribution in [0.2, 0.25) is 0 Å². The molecule has 3 rings (SSSR count). The molecule has 0 aliphatic carbocycles. The maximum atomic E-state index is 11.7. The van der Waals surface area contributed by atoms with E-state index in [1.54, 1.807) is 0 Å². The maximum Gasteiger partial charge on any atom is 0.237 e. The molecule has 0 aromatic heterocycles. The van der Waals surface area contributed by atoms with Crippen LogP contribution in [0.4, 0.5) is 0 Å². The van der Waals surface area contributed by atoms with Gasteiger partial charge in [0, 0.05) is 19.0 Å². The first kappa shape index (κ1) is 9.85. The van der Waals surface area contributed by atoms with Crippen molar-refractivity contribution in [2.24, 2.45) is 5.92 Å². The molecule has 2 atom stereocenters. The summed E-state index contributed by atoms with van der Waals surface area (Å²) in [6, 6.07) is 10.5. The predicted molar refractivity (Wildman–Crippen MR) is 61.8 cm³/mol. The summed E-state index contributed by atoms with van der Waals surface area (Å²) in [7, 11) is 0. The summed E-state index contributed by atoms with van der Waals surface area (Å²) >= 11 is 0. The molecule has 2 aliphatic heterocycles. The molecule has 2 aliphatic rings. The van der Waals surface area contributed by atoms with Crippen molar-refractivity contribution >= 4 is 5.91 Å². The largest absolute Gasteiger partial charge is 0.354 e. The van der Waals surface area contributed by atoms with Crippen LogP contribution in [-0.4, -0.2) is 29.9 Å². The molecular formula is C13H16N2O. The van der Waals surface area contributed by atoms with Gasteiger partial charge in [-0.25, -0.2) is 0 Å². The van der Waals surface area contributed by atoms with Gasteiger partial charge in [-0.05, 0) is 18.5 Å². The van der Waals surface area contributed by atoms with Crippen molar-refractivity contribution in [2.75, 3.05) is 13.1 Å². The van der Waals surface area contributed by atoms with E-state index >= 15 is 0 Å². The van der Waals surface area contributed by atoms with Crippen LogP contribution in [0.25, 0.3) is 0 Å². The number of nitrogens with zero attached hydrogens (tertiary/aromatic N) is 1. The Labute approximate surface area is 95.4 Å². The summed E-state index contributed by atoms with van der Waals surface area (Å²) in [4.78, 5) is 14.0. The Morgan fingerprint density at radius 3 is 2.94 bits per heavy atom. The van der Waals surface area contributed by atoms with E-state index in [9.17, 15) is 4.79 Å². The van der Waals surface area contributed by atoms with E-state index in [0.717, 1.165) is 26.1 Å². The molecule has 1 aromatic rings. The van der Waals surface area contributed by atoms with Gasteiger partial charge in [-0.1, -0.05) is 30.3 Å². The Bertz CT molecular complexity index is 390. The number of hydrogen-bond acceptors (Lipinski definition) is 2. The highest BCUT2D eigenvalue weighted by molar-refractivity contribution is 5.84. The lowest BCUT2D eigenvalue weighted by Crippen LogP contribution is -2.37. The van der Waals surface area contributed by atoms with Crippen LogP contribution in [0, 0.1) is 5.92 Å². The fourth-order valence-corrected chi connectivity index (χ4v) is 2.85. The molecule has 0 radical (unpaired) electrons. The molecule has 0 unspecified atom stereocenters. The molecule has 16 heavy (non-hydrogen) atoms. The Morgan fingerprint density at radius 1 is 1.31 bits per heavy atom. The van der Waals surface area contributed by atoms with Crippen LogP contribution < -0.4 is 5.32 Å². The van der Waals surface area contributed by atoms with Gasteiger partial charge in [0.2, 0.25) is 5.91 Å². The Morgan fingerprint density at radius 2 is 2.12 bits per heavy atom. The molecular weight excluding hydrogens is 200 g/mol. The van der Waals surface area contributed by atoms with Crippen molar-refractivity contribution in [1.29, 1.82) is 0 Å². The summed E-state index contributed by atoms with van der Waals surface area (Å²) in [6.45, 7) is 2.82. The van der Waals surface area contributed by atoms with Crippen molar-refractivity contribution in [3.8, 4) is 0 Å². The molecule has 2 saturated heterocycles. The maximum absolute atomic E-state index is 11.7. The molecule has 2 fully saturated rings. The number of rotatable bonds is 2. The summed E-state index contributed by atoms with van der Waals surface area (Å²) in [5.74, 6) is 0.759. The number of hydrogen-bond donors (Lipinski definition) is 1. The van der Waals surface area contributed by atoms with Gasteiger partial charge >= 0.3 is 0 Å². The van der Waals surface area contributed by atoms with Gasteiger partial charge in [-0.3, -0.25) is 9.69 Å². The van der Waals surface area contributed by atoms with Crippen LogP contribution in [0.5, 0.6) is 0 Å². The average molecular weight is 216 g/mol. The van der Waals surface area contributed by atoms with E-state index in [2.05, 4.69) is 34.5 Å². The van der Waals surface area contributed by atoms with Gasteiger partial charge in [-0.15, -0.1) is 0 Å². The second kappa shape index (κ2) is 3.91. The first-order chi connectivity index (χ1) is 7.84. The standard InChI is InChI=1S/C13H16N2O/c16-13-12-11(8-14-13)6-7-15(12)9-10-4-2-1-3-5-10/h1-5,11-12H,6-9H2,(H,14,16)/t11-,12-/m1/s1. The van der Waals surface area contributed by atoms with Gasteiger partial charge in [0.15, 0.2) is 0 Å². The highest BCUT2D eigenvalue weighted by Gasteiger charge is 2.43. The third kappa shape index (κ3) is 1.61. The third-order valence-corrected chi connectivity index (χ3v) is 3.66. The molecule has 0 spiro atoms. The Kier molecular flexibility index (Phi) is 2.40. The SMILES string of the molecule is O=C1NC[C@H]2CCN(Cc3ccccc3)[C@@H]12. The quantitative estimate of drug-likeness (QED) is 0.800. The fraction of sp³-hybridized carbons (Fsp3) is 0.462. The zero-order valence-electron chi connectivity index (χ0n) is 9.23. The smallest absolute Gasteiger partial charge is 0.237 e. The van der Waals surface area contributed by atoms with E-state index in [-0.39, 0.29) is 11.9 Å². The highest BCUT2D eigenvalue weighted by atomic mass is 16.2. The van der Waals surface area contributed by atoms with Gasteiger partial charge < -0.3 is 5.32 Å². The predicted octanol–water partition coefficient (Wildman–Crippen LogP) is 1.01. The van der Waals surface area contributed by atoms with E-state index in [0.29, 0.717) is 5.92 Å². The molecule has 2 heterocycles. The molecule has 84 valence electrons.